The molecular formula is C15H18N2O3S2. The van der Waals surface area contributed by atoms with Gasteiger partial charge in [-0.3, -0.25) is 4.79 Å². The molecule has 0 aromatic carbocycles. The van der Waals surface area contributed by atoms with Gasteiger partial charge in [0.15, 0.2) is 0 Å². The van der Waals surface area contributed by atoms with E-state index in [1.54, 1.807) is 18.3 Å². The van der Waals surface area contributed by atoms with Crippen LogP contribution in [-0.4, -0.2) is 28.5 Å². The number of nitrogens with zero attached hydrogens (tertiary/aromatic N) is 2. The van der Waals surface area contributed by atoms with Crippen LogP contribution >= 0.6 is 23.1 Å². The fourth-order valence-corrected chi connectivity index (χ4v) is 4.37. The SMILES string of the molecule is COC(=O)[C@@H](C)Sc1nnc(-c2cc3c(s2)CC[C@H](C)C3)o1. The van der Waals surface area contributed by atoms with Crippen LogP contribution in [0.5, 0.6) is 0 Å². The number of esters is 1. The van der Waals surface area contributed by atoms with Gasteiger partial charge in [0.1, 0.15) is 5.25 Å². The summed E-state index contributed by atoms with van der Waals surface area (Å²) in [7, 11) is 1.37. The number of methoxy groups -OCH3 is 1. The lowest BCUT2D eigenvalue weighted by Crippen LogP contribution is -2.14. The van der Waals surface area contributed by atoms with Crippen LogP contribution in [-0.2, 0) is 22.4 Å². The van der Waals surface area contributed by atoms with Gasteiger partial charge in [0.2, 0.25) is 0 Å². The molecule has 0 N–H and O–H groups in total. The number of aryl methyl sites for hydroxylation is 1. The molecule has 118 valence electrons. The van der Waals surface area contributed by atoms with E-state index < -0.39 is 0 Å². The molecule has 7 heteroatoms. The van der Waals surface area contributed by atoms with Crippen molar-refractivity contribution in [1.82, 2.24) is 10.2 Å². The first kappa shape index (κ1) is 15.6. The monoisotopic (exact) mass is 338 g/mol. The maximum Gasteiger partial charge on any atom is 0.319 e. The number of rotatable bonds is 4. The second-order valence-corrected chi connectivity index (χ2v) is 7.99. The third-order valence-corrected chi connectivity index (χ3v) is 5.89. The molecule has 2 aromatic rings. The zero-order chi connectivity index (χ0) is 15.7. The van der Waals surface area contributed by atoms with E-state index in [1.807, 2.05) is 0 Å². The van der Waals surface area contributed by atoms with Gasteiger partial charge in [0.05, 0.1) is 12.0 Å². The van der Waals surface area contributed by atoms with E-state index in [0.717, 1.165) is 23.6 Å². The minimum Gasteiger partial charge on any atom is -0.468 e. The highest BCUT2D eigenvalue weighted by Crippen LogP contribution is 2.37. The molecule has 0 unspecified atom stereocenters. The highest BCUT2D eigenvalue weighted by atomic mass is 32.2. The quantitative estimate of drug-likeness (QED) is 0.627. The molecule has 0 aliphatic heterocycles. The van der Waals surface area contributed by atoms with Crippen molar-refractivity contribution in [3.8, 4) is 10.8 Å². The number of hydrogen-bond donors (Lipinski definition) is 0. The molecule has 2 aromatic heterocycles. The minimum atomic E-state index is -0.365. The third kappa shape index (κ3) is 3.20. The molecule has 0 saturated carbocycles. The van der Waals surface area contributed by atoms with E-state index in [2.05, 4.69) is 23.2 Å². The summed E-state index contributed by atoms with van der Waals surface area (Å²) in [5, 5.41) is 8.15. The summed E-state index contributed by atoms with van der Waals surface area (Å²) in [5.41, 5.74) is 1.41. The number of carbonyl (C=O) groups excluding carboxylic acids is 1. The fourth-order valence-electron chi connectivity index (χ4n) is 2.53. The maximum absolute atomic E-state index is 11.4. The van der Waals surface area contributed by atoms with Gasteiger partial charge in [-0.1, -0.05) is 18.7 Å². The molecule has 1 aliphatic rings. The Morgan fingerprint density at radius 3 is 3.14 bits per heavy atom. The summed E-state index contributed by atoms with van der Waals surface area (Å²) < 4.78 is 10.4. The van der Waals surface area contributed by atoms with Crippen molar-refractivity contribution in [2.24, 2.45) is 5.92 Å². The Hall–Kier alpha value is -1.34. The van der Waals surface area contributed by atoms with Gasteiger partial charge in [0.25, 0.3) is 11.1 Å². The van der Waals surface area contributed by atoms with Crippen molar-refractivity contribution in [1.29, 1.82) is 0 Å². The van der Waals surface area contributed by atoms with Gasteiger partial charge >= 0.3 is 5.97 Å². The van der Waals surface area contributed by atoms with Gasteiger partial charge in [0, 0.05) is 4.88 Å². The summed E-state index contributed by atoms with van der Waals surface area (Å²) in [6.07, 6.45) is 3.51. The number of aromatic nitrogens is 2. The minimum absolute atomic E-state index is 0.301. The van der Waals surface area contributed by atoms with Crippen LogP contribution in [0, 0.1) is 5.92 Å². The summed E-state index contributed by atoms with van der Waals surface area (Å²) in [6.45, 7) is 4.04. The molecule has 0 amide bonds. The molecule has 2 heterocycles. The molecule has 0 bridgehead atoms. The molecule has 22 heavy (non-hydrogen) atoms. The van der Waals surface area contributed by atoms with E-state index in [9.17, 15) is 4.79 Å². The molecule has 0 radical (unpaired) electrons. The number of thiophene rings is 1. The standard InChI is InChI=1S/C15H18N2O3S2/c1-8-4-5-11-10(6-8)7-12(22-11)13-16-17-15(20-13)21-9(2)14(18)19-3/h7-9H,4-6H2,1-3H3/t8-,9+/m0/s1. The van der Waals surface area contributed by atoms with Crippen molar-refractivity contribution < 1.29 is 13.9 Å². The second-order valence-electron chi connectivity index (χ2n) is 5.56. The lowest BCUT2D eigenvalue weighted by molar-refractivity contribution is -0.139. The Morgan fingerprint density at radius 1 is 1.55 bits per heavy atom. The molecule has 2 atom stereocenters. The van der Waals surface area contributed by atoms with E-state index in [-0.39, 0.29) is 11.2 Å². The van der Waals surface area contributed by atoms with Crippen LogP contribution in [0.4, 0.5) is 0 Å². The zero-order valence-electron chi connectivity index (χ0n) is 12.8. The second kappa shape index (κ2) is 6.42. The van der Waals surface area contributed by atoms with Gasteiger partial charge in [-0.15, -0.1) is 21.5 Å². The summed E-state index contributed by atoms with van der Waals surface area (Å²) in [6, 6.07) is 2.17. The van der Waals surface area contributed by atoms with Gasteiger partial charge in [-0.05, 0) is 43.7 Å². The Labute approximate surface area is 137 Å². The highest BCUT2D eigenvalue weighted by Gasteiger charge is 2.22. The maximum atomic E-state index is 11.4. The van der Waals surface area contributed by atoms with Crippen molar-refractivity contribution in [2.75, 3.05) is 7.11 Å². The number of hydrogen-bond acceptors (Lipinski definition) is 7. The van der Waals surface area contributed by atoms with Crippen LogP contribution in [0.15, 0.2) is 15.7 Å². The van der Waals surface area contributed by atoms with Crippen LogP contribution in [0.25, 0.3) is 10.8 Å². The Balaban J connectivity index is 1.75. The van der Waals surface area contributed by atoms with Gasteiger partial charge in [-0.2, -0.15) is 0 Å². The average Bonchev–Trinajstić information content (AvgIpc) is 3.12. The van der Waals surface area contributed by atoms with E-state index in [1.165, 1.54) is 35.7 Å². The summed E-state index contributed by atoms with van der Waals surface area (Å²) >= 11 is 2.95. The summed E-state index contributed by atoms with van der Waals surface area (Å²) in [5.74, 6) is 0.974. The summed E-state index contributed by atoms with van der Waals surface area (Å²) in [4.78, 5) is 13.9. The van der Waals surface area contributed by atoms with Crippen LogP contribution in [0.2, 0.25) is 0 Å². The number of thioether (sulfide) groups is 1. The first-order chi connectivity index (χ1) is 10.6. The van der Waals surface area contributed by atoms with Crippen LogP contribution in [0.1, 0.15) is 30.7 Å². The Morgan fingerprint density at radius 2 is 2.36 bits per heavy atom. The lowest BCUT2D eigenvalue weighted by Gasteiger charge is -2.16. The normalized spacial score (nSPS) is 18.8. The van der Waals surface area contributed by atoms with Gasteiger partial charge < -0.3 is 9.15 Å². The van der Waals surface area contributed by atoms with E-state index in [4.69, 9.17) is 9.15 Å². The number of ether oxygens (including phenoxy) is 1. The first-order valence-electron chi connectivity index (χ1n) is 7.26. The fraction of sp³-hybridized carbons (Fsp3) is 0.533. The Kier molecular flexibility index (Phi) is 4.54. The molecule has 0 spiro atoms. The van der Waals surface area contributed by atoms with Crippen LogP contribution < -0.4 is 0 Å². The third-order valence-electron chi connectivity index (χ3n) is 3.76. The Bertz CT molecular complexity index is 680. The molecule has 3 rings (SSSR count). The van der Waals surface area contributed by atoms with E-state index >= 15 is 0 Å². The molecular weight excluding hydrogens is 320 g/mol. The van der Waals surface area contributed by atoms with Gasteiger partial charge in [-0.25, -0.2) is 0 Å². The van der Waals surface area contributed by atoms with E-state index in [0.29, 0.717) is 11.1 Å². The number of fused-ring (bicyclic) bond motifs is 1. The van der Waals surface area contributed by atoms with Crippen molar-refractivity contribution in [2.45, 2.75) is 43.6 Å². The largest absolute Gasteiger partial charge is 0.468 e. The lowest BCUT2D eigenvalue weighted by atomic mass is 9.90. The predicted molar refractivity (Wildman–Crippen MR) is 86.1 cm³/mol. The highest BCUT2D eigenvalue weighted by molar-refractivity contribution is 8.00. The van der Waals surface area contributed by atoms with Crippen LogP contribution in [0.3, 0.4) is 0 Å². The molecule has 0 saturated heterocycles. The number of carbonyl (C=O) groups is 1. The smallest absolute Gasteiger partial charge is 0.319 e. The van der Waals surface area contributed by atoms with Crippen molar-refractivity contribution in [3.05, 3.63) is 16.5 Å². The molecule has 0 fully saturated rings. The predicted octanol–water partition coefficient (Wildman–Crippen LogP) is 3.58. The first-order valence-corrected chi connectivity index (χ1v) is 8.96. The topological polar surface area (TPSA) is 65.2 Å². The zero-order valence-corrected chi connectivity index (χ0v) is 14.4. The van der Waals surface area contributed by atoms with Crippen molar-refractivity contribution in [3.63, 3.8) is 0 Å². The average molecular weight is 338 g/mol. The molecule has 1 aliphatic carbocycles. The van der Waals surface area contributed by atoms with Crippen molar-refractivity contribution >= 4 is 29.1 Å². The molecule has 5 nitrogen and oxygen atoms in total.